The van der Waals surface area contributed by atoms with Crippen LogP contribution in [0.4, 0.5) is 20.6 Å². The Morgan fingerprint density at radius 1 is 1.14 bits per heavy atom. The number of aromatic amines is 1. The Hall–Kier alpha value is -4.93. The predicted octanol–water partition coefficient (Wildman–Crippen LogP) is 4.39. The van der Waals surface area contributed by atoms with Crippen molar-refractivity contribution in [2.75, 3.05) is 16.8 Å². The summed E-state index contributed by atoms with van der Waals surface area (Å²) in [5, 5.41) is 19.8. The van der Waals surface area contributed by atoms with E-state index in [1.54, 1.807) is 31.2 Å². The third-order valence-electron chi connectivity index (χ3n) is 5.67. The average molecular weight is 505 g/mol. The van der Waals surface area contributed by atoms with E-state index < -0.39 is 17.9 Å². The first kappa shape index (κ1) is 25.2. The molecule has 0 unspecified atom stereocenters. The molecule has 190 valence electrons. The number of nitrogens with two attached hydrogens (primary N) is 1. The molecule has 6 N–H and O–H groups in total. The van der Waals surface area contributed by atoms with Crippen molar-refractivity contribution in [2.24, 2.45) is 5.73 Å². The van der Waals surface area contributed by atoms with Crippen LogP contribution in [-0.2, 0) is 11.3 Å². The number of hydrogen-bond donors (Lipinski definition) is 5. The van der Waals surface area contributed by atoms with E-state index in [-0.39, 0.29) is 24.6 Å². The minimum absolute atomic E-state index is 0.00140. The molecule has 0 bridgehead atoms. The van der Waals surface area contributed by atoms with Crippen LogP contribution in [0.15, 0.2) is 60.7 Å². The lowest BCUT2D eigenvalue weighted by atomic mass is 10.2. The Labute approximate surface area is 211 Å². The van der Waals surface area contributed by atoms with E-state index in [4.69, 9.17) is 21.0 Å². The van der Waals surface area contributed by atoms with Crippen molar-refractivity contribution in [3.63, 3.8) is 0 Å². The molecule has 0 aliphatic rings. The number of amides is 1. The van der Waals surface area contributed by atoms with E-state index in [2.05, 4.69) is 15.3 Å². The number of carboxylic acids is 1. The summed E-state index contributed by atoms with van der Waals surface area (Å²) >= 11 is 0. The number of aryl methyl sites for hydroxylation is 1. The van der Waals surface area contributed by atoms with Gasteiger partial charge in [-0.1, -0.05) is 0 Å². The molecule has 0 saturated heterocycles. The minimum atomic E-state index is -1.08. The van der Waals surface area contributed by atoms with Gasteiger partial charge in [0, 0.05) is 29.0 Å². The summed E-state index contributed by atoms with van der Waals surface area (Å²) in [7, 11) is 0. The zero-order valence-electron chi connectivity index (χ0n) is 19.9. The van der Waals surface area contributed by atoms with Crippen molar-refractivity contribution in [2.45, 2.75) is 19.9 Å². The molecule has 0 aliphatic carbocycles. The van der Waals surface area contributed by atoms with Crippen LogP contribution >= 0.6 is 0 Å². The molecule has 0 aliphatic heterocycles. The summed E-state index contributed by atoms with van der Waals surface area (Å²) in [4.78, 5) is 33.1. The molecule has 0 radical (unpaired) electrons. The second-order valence-corrected chi connectivity index (χ2v) is 8.25. The molecule has 1 amide bonds. The molecule has 37 heavy (non-hydrogen) atoms. The molecule has 0 fully saturated rings. The third-order valence-corrected chi connectivity index (χ3v) is 5.67. The average Bonchev–Trinajstić information content (AvgIpc) is 3.30. The number of aromatic nitrogens is 2. The molecule has 0 saturated carbocycles. The third kappa shape index (κ3) is 6.01. The minimum Gasteiger partial charge on any atom is -0.481 e. The van der Waals surface area contributed by atoms with Crippen LogP contribution in [0.5, 0.6) is 5.75 Å². The Kier molecular flexibility index (Phi) is 7.33. The molecular weight excluding hydrogens is 479 g/mol. The van der Waals surface area contributed by atoms with E-state index in [1.165, 1.54) is 24.3 Å². The van der Waals surface area contributed by atoms with Gasteiger partial charge in [-0.05, 0) is 67.6 Å². The maximum Gasteiger partial charge on any atom is 0.419 e. The van der Waals surface area contributed by atoms with Crippen molar-refractivity contribution in [3.8, 4) is 5.75 Å². The van der Waals surface area contributed by atoms with Crippen molar-refractivity contribution in [1.29, 1.82) is 5.41 Å². The fraction of sp³-hybridized carbons (Fsp3) is 0.154. The van der Waals surface area contributed by atoms with E-state index >= 15 is 0 Å². The van der Waals surface area contributed by atoms with E-state index in [9.17, 15) is 14.0 Å². The largest absolute Gasteiger partial charge is 0.481 e. The highest BCUT2D eigenvalue weighted by atomic mass is 19.1. The molecule has 10 nitrogen and oxygen atoms in total. The highest BCUT2D eigenvalue weighted by Gasteiger charge is 2.21. The van der Waals surface area contributed by atoms with Crippen LogP contribution in [-0.4, -0.2) is 39.5 Å². The maximum atomic E-state index is 13.4. The summed E-state index contributed by atoms with van der Waals surface area (Å²) in [5.74, 6) is -0.630. The lowest BCUT2D eigenvalue weighted by Crippen LogP contribution is -2.35. The summed E-state index contributed by atoms with van der Waals surface area (Å²) in [6, 6.07) is 15.6. The van der Waals surface area contributed by atoms with Gasteiger partial charge in [-0.15, -0.1) is 0 Å². The van der Waals surface area contributed by atoms with Gasteiger partial charge in [-0.3, -0.25) is 15.1 Å². The highest BCUT2D eigenvalue weighted by molar-refractivity contribution is 5.95. The Balaban J connectivity index is 1.50. The Bertz CT molecular complexity index is 1450. The number of imidazole rings is 1. The van der Waals surface area contributed by atoms with Gasteiger partial charge < -0.3 is 25.9 Å². The number of nitrogens with zero attached hydrogens (tertiary/aromatic N) is 2. The lowest BCUT2D eigenvalue weighted by Gasteiger charge is -2.22. The van der Waals surface area contributed by atoms with Gasteiger partial charge in [-0.2, -0.15) is 0 Å². The van der Waals surface area contributed by atoms with E-state index in [0.717, 1.165) is 16.1 Å². The number of benzene rings is 3. The SMILES string of the molecule is Cc1c(OC(=O)N(CCC(=O)O)c2ccc(F)cc2)ccc2[nH]c(CNc3ccc(C(=N)N)cc3)nc12. The van der Waals surface area contributed by atoms with Crippen molar-refractivity contribution < 1.29 is 23.8 Å². The number of aliphatic carboxylic acids is 1. The molecule has 4 aromatic rings. The fourth-order valence-electron chi connectivity index (χ4n) is 3.70. The van der Waals surface area contributed by atoms with Crippen molar-refractivity contribution >= 4 is 40.3 Å². The summed E-state index contributed by atoms with van der Waals surface area (Å²) < 4.78 is 19.0. The summed E-state index contributed by atoms with van der Waals surface area (Å²) in [5.41, 5.74) is 9.26. The number of amidine groups is 1. The molecule has 1 aromatic heterocycles. The highest BCUT2D eigenvalue weighted by Crippen LogP contribution is 2.27. The molecule has 11 heteroatoms. The first-order valence-corrected chi connectivity index (χ1v) is 11.3. The Morgan fingerprint density at radius 3 is 2.49 bits per heavy atom. The molecule has 0 spiro atoms. The topological polar surface area (TPSA) is 157 Å². The van der Waals surface area contributed by atoms with Gasteiger partial charge in [0.05, 0.1) is 24.0 Å². The fourth-order valence-corrected chi connectivity index (χ4v) is 3.70. The first-order valence-electron chi connectivity index (χ1n) is 11.3. The zero-order chi connectivity index (χ0) is 26.5. The molecular formula is C26H25FN6O4. The normalized spacial score (nSPS) is 10.8. The van der Waals surface area contributed by atoms with Gasteiger partial charge in [0.1, 0.15) is 23.2 Å². The monoisotopic (exact) mass is 504 g/mol. The maximum absolute atomic E-state index is 13.4. The summed E-state index contributed by atoms with van der Waals surface area (Å²) in [6.07, 6.45) is -1.10. The number of rotatable bonds is 9. The molecule has 4 rings (SSSR count). The number of carboxylic acid groups (broad SMARTS) is 1. The van der Waals surface area contributed by atoms with Crippen LogP contribution in [0, 0.1) is 18.2 Å². The molecule has 3 aromatic carbocycles. The van der Waals surface area contributed by atoms with E-state index in [1.807, 2.05) is 12.1 Å². The summed E-state index contributed by atoms with van der Waals surface area (Å²) in [6.45, 7) is 2.02. The number of fused-ring (bicyclic) bond motifs is 1. The zero-order valence-corrected chi connectivity index (χ0v) is 19.9. The first-order chi connectivity index (χ1) is 17.7. The predicted molar refractivity (Wildman–Crippen MR) is 138 cm³/mol. The smallest absolute Gasteiger partial charge is 0.419 e. The standard InChI is InChI=1S/C26H25FN6O4/c1-15-21(37-26(36)33(13-12-23(34)35)19-8-4-17(27)5-9-19)11-10-20-24(15)32-22(31-20)14-30-18-6-2-16(3-7-18)25(28)29/h2-11,30H,12-14H2,1H3,(H3,28,29)(H,31,32)(H,34,35). The second kappa shape index (κ2) is 10.8. The number of halogens is 1. The van der Waals surface area contributed by atoms with Crippen molar-refractivity contribution in [3.05, 3.63) is 83.4 Å². The number of carbonyl (C=O) groups is 2. The van der Waals surface area contributed by atoms with Crippen LogP contribution in [0.3, 0.4) is 0 Å². The van der Waals surface area contributed by atoms with Gasteiger partial charge >= 0.3 is 12.1 Å². The van der Waals surface area contributed by atoms with Gasteiger partial charge in [0.25, 0.3) is 0 Å². The van der Waals surface area contributed by atoms with Crippen LogP contribution < -0.4 is 20.7 Å². The number of anilines is 2. The van der Waals surface area contributed by atoms with Crippen LogP contribution in [0.25, 0.3) is 11.0 Å². The van der Waals surface area contributed by atoms with Crippen LogP contribution in [0.2, 0.25) is 0 Å². The van der Waals surface area contributed by atoms with Gasteiger partial charge in [0.2, 0.25) is 0 Å². The quantitative estimate of drug-likeness (QED) is 0.167. The van der Waals surface area contributed by atoms with Crippen LogP contribution in [0.1, 0.15) is 23.4 Å². The number of ether oxygens (including phenoxy) is 1. The van der Waals surface area contributed by atoms with E-state index in [0.29, 0.717) is 34.7 Å². The Morgan fingerprint density at radius 2 is 1.84 bits per heavy atom. The number of H-pyrrole nitrogens is 1. The number of nitrogen functional groups attached to an aromatic ring is 1. The van der Waals surface area contributed by atoms with Crippen molar-refractivity contribution in [1.82, 2.24) is 9.97 Å². The second-order valence-electron chi connectivity index (χ2n) is 8.25. The number of hydrogen-bond acceptors (Lipinski definition) is 6. The molecule has 0 atom stereocenters. The van der Waals surface area contributed by atoms with Gasteiger partial charge in [0.15, 0.2) is 0 Å². The molecule has 1 heterocycles. The lowest BCUT2D eigenvalue weighted by molar-refractivity contribution is -0.136. The number of nitrogens with one attached hydrogen (secondary N) is 3. The van der Waals surface area contributed by atoms with Gasteiger partial charge in [-0.25, -0.2) is 14.2 Å². The number of carbonyl (C=O) groups excluding carboxylic acids is 1.